The van der Waals surface area contributed by atoms with Crippen LogP contribution in [-0.4, -0.2) is 43.8 Å². The lowest BCUT2D eigenvalue weighted by Gasteiger charge is -2.42. The van der Waals surface area contributed by atoms with Crippen LogP contribution in [0.15, 0.2) is 40.6 Å². The van der Waals surface area contributed by atoms with Crippen molar-refractivity contribution in [1.82, 2.24) is 16.3 Å². The number of hydrazine groups is 1. The molecule has 1 saturated heterocycles. The summed E-state index contributed by atoms with van der Waals surface area (Å²) in [6, 6.07) is 6.81. The maximum atomic E-state index is 6.10. The Morgan fingerprint density at radius 2 is 2.22 bits per heavy atom. The molecule has 7 N–H and O–H groups in total. The highest BCUT2D eigenvalue weighted by atomic mass is 15.5. The fourth-order valence-corrected chi connectivity index (χ4v) is 3.37. The Morgan fingerprint density at radius 1 is 1.41 bits per heavy atom. The Balaban J connectivity index is 1.66. The average Bonchev–Trinajstić information content (AvgIpc) is 2.61. The van der Waals surface area contributed by atoms with Crippen LogP contribution in [0.3, 0.4) is 0 Å². The quantitative estimate of drug-likeness (QED) is 0.194. The topological polar surface area (TPSA) is 116 Å². The van der Waals surface area contributed by atoms with Crippen molar-refractivity contribution in [3.05, 3.63) is 41.5 Å². The molecule has 146 valence electrons. The van der Waals surface area contributed by atoms with Gasteiger partial charge in [0.05, 0.1) is 12.3 Å². The maximum Gasteiger partial charge on any atom is 0.154 e. The number of amidine groups is 1. The van der Waals surface area contributed by atoms with Crippen LogP contribution in [0.1, 0.15) is 25.0 Å². The van der Waals surface area contributed by atoms with Gasteiger partial charge in [-0.15, -0.1) is 5.10 Å². The van der Waals surface area contributed by atoms with Crippen LogP contribution in [0, 0.1) is 5.92 Å². The van der Waals surface area contributed by atoms with E-state index in [1.54, 1.807) is 0 Å². The Morgan fingerprint density at radius 3 is 2.89 bits per heavy atom. The third-order valence-corrected chi connectivity index (χ3v) is 4.70. The molecule has 0 saturated carbocycles. The van der Waals surface area contributed by atoms with Gasteiger partial charge in [-0.05, 0) is 36.1 Å². The summed E-state index contributed by atoms with van der Waals surface area (Å²) >= 11 is 0. The molecule has 0 atom stereocenters. The van der Waals surface area contributed by atoms with Gasteiger partial charge in [-0.1, -0.05) is 26.0 Å². The first-order valence-corrected chi connectivity index (χ1v) is 9.43. The van der Waals surface area contributed by atoms with Crippen LogP contribution in [0.25, 0.3) is 0 Å². The minimum absolute atomic E-state index is 0.396. The fraction of sp³-hybridized carbons (Fsp3) is 0.474. The smallest absolute Gasteiger partial charge is 0.154 e. The predicted molar refractivity (Wildman–Crippen MR) is 112 cm³/mol. The Kier molecular flexibility index (Phi) is 6.31. The minimum Gasteiger partial charge on any atom is -0.382 e. The number of rotatable bonds is 8. The van der Waals surface area contributed by atoms with E-state index in [2.05, 4.69) is 69.5 Å². The van der Waals surface area contributed by atoms with E-state index in [9.17, 15) is 0 Å². The van der Waals surface area contributed by atoms with Crippen LogP contribution in [0.5, 0.6) is 0 Å². The fourth-order valence-electron chi connectivity index (χ4n) is 3.37. The van der Waals surface area contributed by atoms with Crippen LogP contribution in [0.2, 0.25) is 0 Å². The highest BCUT2D eigenvalue weighted by Crippen LogP contribution is 2.28. The van der Waals surface area contributed by atoms with Gasteiger partial charge >= 0.3 is 0 Å². The number of hydrogen-bond donors (Lipinski definition) is 5. The van der Waals surface area contributed by atoms with E-state index in [0.717, 1.165) is 49.6 Å². The number of anilines is 1. The zero-order valence-electron chi connectivity index (χ0n) is 16.1. The monoisotopic (exact) mass is 370 g/mol. The van der Waals surface area contributed by atoms with Crippen molar-refractivity contribution in [2.75, 3.05) is 31.1 Å². The third-order valence-electron chi connectivity index (χ3n) is 4.70. The van der Waals surface area contributed by atoms with Crippen LogP contribution in [-0.2, 0) is 6.42 Å². The first-order chi connectivity index (χ1) is 13.1. The van der Waals surface area contributed by atoms with Gasteiger partial charge in [0, 0.05) is 36.9 Å². The summed E-state index contributed by atoms with van der Waals surface area (Å²) in [7, 11) is 0. The third kappa shape index (κ3) is 4.99. The molecule has 0 spiro atoms. The summed E-state index contributed by atoms with van der Waals surface area (Å²) in [4.78, 5) is 2.33. The minimum atomic E-state index is 0.396. The Hall–Kier alpha value is -2.58. The number of nitrogens with two attached hydrogens (primary N) is 2. The van der Waals surface area contributed by atoms with Crippen molar-refractivity contribution >= 4 is 17.2 Å². The Bertz CT molecular complexity index is 731. The van der Waals surface area contributed by atoms with Gasteiger partial charge in [-0.2, -0.15) is 5.10 Å². The zero-order chi connectivity index (χ0) is 19.2. The molecular formula is C19H30N8. The summed E-state index contributed by atoms with van der Waals surface area (Å²) < 4.78 is 0. The van der Waals surface area contributed by atoms with Gasteiger partial charge in [0.1, 0.15) is 0 Å². The SMILES string of the molecule is CC(C)Cc1ccc(/C(N)=N/NN)c(N2CC(NCC3=NNCC=C3)C2)c1. The number of nitrogens with one attached hydrogen (secondary N) is 3. The summed E-state index contributed by atoms with van der Waals surface area (Å²) in [6.45, 7) is 7.86. The molecule has 0 amide bonds. The largest absolute Gasteiger partial charge is 0.382 e. The van der Waals surface area contributed by atoms with Crippen molar-refractivity contribution in [3.63, 3.8) is 0 Å². The van der Waals surface area contributed by atoms with Crippen LogP contribution >= 0.6 is 0 Å². The molecule has 1 fully saturated rings. The highest BCUT2D eigenvalue weighted by molar-refractivity contribution is 6.02. The molecule has 27 heavy (non-hydrogen) atoms. The Labute approximate surface area is 160 Å². The summed E-state index contributed by atoms with van der Waals surface area (Å²) in [5, 5.41) is 11.8. The van der Waals surface area contributed by atoms with Gasteiger partial charge in [0.25, 0.3) is 0 Å². The number of benzene rings is 1. The van der Waals surface area contributed by atoms with Crippen LogP contribution in [0.4, 0.5) is 5.69 Å². The summed E-state index contributed by atoms with van der Waals surface area (Å²) in [5.74, 6) is 6.30. The molecule has 3 rings (SSSR count). The van der Waals surface area contributed by atoms with E-state index in [1.165, 1.54) is 5.56 Å². The average molecular weight is 371 g/mol. The molecule has 0 radical (unpaired) electrons. The molecular weight excluding hydrogens is 340 g/mol. The zero-order valence-corrected chi connectivity index (χ0v) is 16.1. The summed E-state index contributed by atoms with van der Waals surface area (Å²) in [6.07, 6.45) is 5.18. The lowest BCUT2D eigenvalue weighted by molar-refractivity contribution is 0.440. The molecule has 2 aliphatic rings. The second kappa shape index (κ2) is 8.88. The molecule has 0 unspecified atom stereocenters. The second-order valence-corrected chi connectivity index (χ2v) is 7.43. The van der Waals surface area contributed by atoms with E-state index in [-0.39, 0.29) is 0 Å². The normalized spacial score (nSPS) is 17.6. The predicted octanol–water partition coefficient (Wildman–Crippen LogP) is 0.262. The number of hydrazone groups is 2. The van der Waals surface area contributed by atoms with Gasteiger partial charge < -0.3 is 21.4 Å². The van der Waals surface area contributed by atoms with Crippen LogP contribution < -0.4 is 32.8 Å². The molecule has 1 aromatic carbocycles. The lowest BCUT2D eigenvalue weighted by Crippen LogP contribution is -2.59. The highest BCUT2D eigenvalue weighted by Gasteiger charge is 2.29. The van der Waals surface area contributed by atoms with Crippen molar-refractivity contribution < 1.29 is 0 Å². The van der Waals surface area contributed by atoms with E-state index >= 15 is 0 Å². The second-order valence-electron chi connectivity index (χ2n) is 7.43. The molecule has 1 aromatic rings. The first-order valence-electron chi connectivity index (χ1n) is 9.43. The molecule has 0 aliphatic carbocycles. The lowest BCUT2D eigenvalue weighted by atomic mass is 9.97. The van der Waals surface area contributed by atoms with Gasteiger partial charge in [-0.25, -0.2) is 11.4 Å². The molecule has 2 aliphatic heterocycles. The van der Waals surface area contributed by atoms with Crippen molar-refractivity contribution in [1.29, 1.82) is 0 Å². The van der Waals surface area contributed by atoms with E-state index in [0.29, 0.717) is 17.8 Å². The van der Waals surface area contributed by atoms with E-state index < -0.39 is 0 Å². The first kappa shape index (κ1) is 19.2. The molecule has 0 bridgehead atoms. The maximum absolute atomic E-state index is 6.10. The molecule has 8 nitrogen and oxygen atoms in total. The van der Waals surface area contributed by atoms with Gasteiger partial charge in [0.2, 0.25) is 0 Å². The van der Waals surface area contributed by atoms with Crippen molar-refractivity contribution in [2.24, 2.45) is 27.7 Å². The van der Waals surface area contributed by atoms with Gasteiger partial charge in [0.15, 0.2) is 5.84 Å². The number of nitrogens with zero attached hydrogens (tertiary/aromatic N) is 3. The molecule has 2 heterocycles. The molecule has 8 heteroatoms. The standard InChI is InChI=1S/C19H30N8/c1-13(2)8-14-5-6-17(19(20)25-26-21)18(9-14)27-11-16(12-27)22-10-15-4-3-7-23-24-15/h3-6,9,13,16,22-23,26H,7-8,10-12,21H2,1-2H3,(H2,20,25). The van der Waals surface area contributed by atoms with E-state index in [1.807, 2.05) is 6.07 Å². The number of hydrogen-bond acceptors (Lipinski definition) is 7. The molecule has 0 aromatic heterocycles. The van der Waals surface area contributed by atoms with Crippen molar-refractivity contribution in [2.45, 2.75) is 26.3 Å². The van der Waals surface area contributed by atoms with E-state index in [4.69, 9.17) is 11.6 Å². The van der Waals surface area contributed by atoms with Crippen molar-refractivity contribution in [3.8, 4) is 0 Å². The van der Waals surface area contributed by atoms with Gasteiger partial charge in [-0.3, -0.25) is 0 Å². The summed E-state index contributed by atoms with van der Waals surface area (Å²) in [5.41, 5.74) is 15.7.